The van der Waals surface area contributed by atoms with Crippen molar-refractivity contribution < 1.29 is 0 Å². The molecule has 6 aromatic carbocycles. The molecule has 0 saturated carbocycles. The summed E-state index contributed by atoms with van der Waals surface area (Å²) in [4.78, 5) is 0. The van der Waals surface area contributed by atoms with Gasteiger partial charge in [-0.05, 0) is 51.7 Å². The number of hydrogen-bond donors (Lipinski definition) is 0. The highest BCUT2D eigenvalue weighted by molar-refractivity contribution is 5.85. The molecule has 0 spiro atoms. The molecule has 6 rings (SSSR count). The average molecular weight is 413 g/mol. The van der Waals surface area contributed by atoms with Crippen LogP contribution in [0.15, 0.2) is 133 Å². The van der Waals surface area contributed by atoms with E-state index in [0.717, 1.165) is 0 Å². The topological polar surface area (TPSA) is 0 Å². The summed E-state index contributed by atoms with van der Waals surface area (Å²) >= 11 is 0. The maximum atomic E-state index is 2.20. The second-order valence-electron chi connectivity index (χ2n) is 7.99. The van der Waals surface area contributed by atoms with Crippen molar-refractivity contribution in [3.8, 4) is 0 Å². The molecular weight excluding hydrogens is 384 g/mol. The zero-order valence-electron chi connectivity index (χ0n) is 18.7. The van der Waals surface area contributed by atoms with Crippen LogP contribution in [-0.2, 0) is 0 Å². The summed E-state index contributed by atoms with van der Waals surface area (Å²) in [5.41, 5.74) is 2.67. The van der Waals surface area contributed by atoms with Gasteiger partial charge in [0.05, 0.1) is 0 Å². The van der Waals surface area contributed by atoms with E-state index >= 15 is 0 Å². The Morgan fingerprint density at radius 3 is 1.34 bits per heavy atom. The van der Waals surface area contributed by atoms with Gasteiger partial charge in [-0.3, -0.25) is 0 Å². The van der Waals surface area contributed by atoms with E-state index in [-0.39, 0.29) is 0 Å². The maximum absolute atomic E-state index is 2.20. The predicted molar refractivity (Wildman–Crippen MR) is 141 cm³/mol. The van der Waals surface area contributed by atoms with Crippen molar-refractivity contribution in [2.75, 3.05) is 0 Å². The molecule has 0 aromatic heterocycles. The molecule has 0 saturated heterocycles. The minimum Gasteiger partial charge on any atom is -0.0616 e. The third-order valence-corrected chi connectivity index (χ3v) is 5.57. The van der Waals surface area contributed by atoms with Crippen LogP contribution in [0.2, 0.25) is 0 Å². The number of rotatable bonds is 0. The fourth-order valence-corrected chi connectivity index (χ4v) is 3.83. The Morgan fingerprint density at radius 1 is 0.344 bits per heavy atom. The maximum Gasteiger partial charge on any atom is -0.0155 e. The second kappa shape index (κ2) is 10.4. The van der Waals surface area contributed by atoms with Gasteiger partial charge in [0.2, 0.25) is 0 Å². The predicted octanol–water partition coefficient (Wildman–Crippen LogP) is 9.14. The molecule has 0 heterocycles. The van der Waals surface area contributed by atoms with Crippen LogP contribution in [0.1, 0.15) is 11.1 Å². The van der Waals surface area contributed by atoms with Crippen molar-refractivity contribution in [1.82, 2.24) is 0 Å². The van der Waals surface area contributed by atoms with Gasteiger partial charge in [-0.2, -0.15) is 0 Å². The van der Waals surface area contributed by atoms with Crippen LogP contribution in [0.25, 0.3) is 32.3 Å². The van der Waals surface area contributed by atoms with Gasteiger partial charge in [-0.1, -0.05) is 139 Å². The van der Waals surface area contributed by atoms with Crippen molar-refractivity contribution >= 4 is 32.3 Å². The quantitative estimate of drug-likeness (QED) is 0.233. The van der Waals surface area contributed by atoms with Crippen LogP contribution in [0.5, 0.6) is 0 Å². The van der Waals surface area contributed by atoms with Gasteiger partial charge in [0.15, 0.2) is 0 Å². The number of hydrogen-bond acceptors (Lipinski definition) is 0. The van der Waals surface area contributed by atoms with Gasteiger partial charge < -0.3 is 0 Å². The molecule has 156 valence electrons. The first-order chi connectivity index (χ1) is 15.7. The van der Waals surface area contributed by atoms with Crippen molar-refractivity contribution in [3.63, 3.8) is 0 Å². The van der Waals surface area contributed by atoms with E-state index in [2.05, 4.69) is 147 Å². The second-order valence-corrected chi connectivity index (χ2v) is 7.99. The Hall–Kier alpha value is -3.90. The molecule has 0 fully saturated rings. The standard InChI is InChI=1S/2C11H10.C10H8/c1-9-5-4-7-10-6-2-3-8-11(9)10;1-9-6-7-10-4-2-3-5-11(10)8-9;1-2-6-10-8-4-3-7-9(10)5-1/h2*2-8H,1H3;1-8H. The summed E-state index contributed by atoms with van der Waals surface area (Å²) in [6.07, 6.45) is 0. The Kier molecular flexibility index (Phi) is 6.94. The van der Waals surface area contributed by atoms with Gasteiger partial charge in [0.1, 0.15) is 0 Å². The SMILES string of the molecule is Cc1ccc2ccccc2c1.Cc1cccc2ccccc12.c1ccc2ccccc2c1. The molecule has 6 aromatic rings. The van der Waals surface area contributed by atoms with E-state index in [4.69, 9.17) is 0 Å². The summed E-state index contributed by atoms with van der Waals surface area (Å²) in [7, 11) is 0. The van der Waals surface area contributed by atoms with Crippen LogP contribution in [-0.4, -0.2) is 0 Å². The first kappa shape index (κ1) is 21.3. The Labute approximate surface area is 190 Å². The van der Waals surface area contributed by atoms with Crippen LogP contribution >= 0.6 is 0 Å². The van der Waals surface area contributed by atoms with Gasteiger partial charge in [-0.15, -0.1) is 0 Å². The lowest BCUT2D eigenvalue weighted by Gasteiger charge is -1.98. The fraction of sp³-hybridized carbons (Fsp3) is 0.0625. The normalized spacial score (nSPS) is 10.2. The minimum atomic E-state index is 1.31. The van der Waals surface area contributed by atoms with Gasteiger partial charge in [-0.25, -0.2) is 0 Å². The molecule has 0 bridgehead atoms. The van der Waals surface area contributed by atoms with E-state index in [1.54, 1.807) is 0 Å². The molecule has 0 unspecified atom stereocenters. The van der Waals surface area contributed by atoms with Crippen molar-refractivity contribution in [3.05, 3.63) is 145 Å². The zero-order chi connectivity index (χ0) is 22.2. The molecule has 0 atom stereocenters. The lowest BCUT2D eigenvalue weighted by atomic mass is 10.1. The fourth-order valence-electron chi connectivity index (χ4n) is 3.83. The monoisotopic (exact) mass is 412 g/mol. The van der Waals surface area contributed by atoms with Crippen LogP contribution < -0.4 is 0 Å². The van der Waals surface area contributed by atoms with Crippen molar-refractivity contribution in [2.45, 2.75) is 13.8 Å². The first-order valence-electron chi connectivity index (χ1n) is 11.0. The molecule has 32 heavy (non-hydrogen) atoms. The molecule has 0 aliphatic rings. The molecule has 0 aliphatic carbocycles. The number of fused-ring (bicyclic) bond motifs is 3. The molecule has 0 heteroatoms. The van der Waals surface area contributed by atoms with Crippen LogP contribution in [0.4, 0.5) is 0 Å². The lowest BCUT2D eigenvalue weighted by molar-refractivity contribution is 1.51. The highest BCUT2D eigenvalue weighted by Gasteiger charge is 1.92. The van der Waals surface area contributed by atoms with E-state index in [1.165, 1.54) is 43.4 Å². The Bertz CT molecular complexity index is 1370. The number of benzene rings is 6. The zero-order valence-corrected chi connectivity index (χ0v) is 18.7. The lowest BCUT2D eigenvalue weighted by Crippen LogP contribution is -1.75. The minimum absolute atomic E-state index is 1.31. The van der Waals surface area contributed by atoms with Gasteiger partial charge in [0.25, 0.3) is 0 Å². The third kappa shape index (κ3) is 5.42. The summed E-state index contributed by atoms with van der Waals surface area (Å²) < 4.78 is 0. The van der Waals surface area contributed by atoms with Crippen LogP contribution in [0, 0.1) is 13.8 Å². The molecule has 0 N–H and O–H groups in total. The Morgan fingerprint density at radius 2 is 0.781 bits per heavy atom. The van der Waals surface area contributed by atoms with E-state index in [0.29, 0.717) is 0 Å². The molecular formula is C32H28. The average Bonchev–Trinajstić information content (AvgIpc) is 2.85. The number of aryl methyl sites for hydroxylation is 2. The van der Waals surface area contributed by atoms with Crippen molar-refractivity contribution in [2.24, 2.45) is 0 Å². The van der Waals surface area contributed by atoms with E-state index < -0.39 is 0 Å². The molecule has 0 aliphatic heterocycles. The van der Waals surface area contributed by atoms with Gasteiger partial charge >= 0.3 is 0 Å². The van der Waals surface area contributed by atoms with Crippen molar-refractivity contribution in [1.29, 1.82) is 0 Å². The largest absolute Gasteiger partial charge is 0.0616 e. The van der Waals surface area contributed by atoms with Crippen LogP contribution in [0.3, 0.4) is 0 Å². The van der Waals surface area contributed by atoms with E-state index in [9.17, 15) is 0 Å². The van der Waals surface area contributed by atoms with Gasteiger partial charge in [0, 0.05) is 0 Å². The molecule has 0 nitrogen and oxygen atoms in total. The van der Waals surface area contributed by atoms with E-state index in [1.807, 2.05) is 0 Å². The summed E-state index contributed by atoms with van der Waals surface area (Å²) in [6.45, 7) is 4.26. The molecule has 0 radical (unpaired) electrons. The highest BCUT2D eigenvalue weighted by atomic mass is 14.0. The summed E-state index contributed by atoms with van der Waals surface area (Å²) in [6, 6.07) is 46.5. The Balaban J connectivity index is 0.000000115. The summed E-state index contributed by atoms with van der Waals surface area (Å²) in [5, 5.41) is 7.95. The highest BCUT2D eigenvalue weighted by Crippen LogP contribution is 2.17. The molecule has 0 amide bonds. The third-order valence-electron chi connectivity index (χ3n) is 5.57. The smallest absolute Gasteiger partial charge is 0.0155 e. The first-order valence-corrected chi connectivity index (χ1v) is 11.0. The summed E-state index contributed by atoms with van der Waals surface area (Å²) in [5.74, 6) is 0.